The Morgan fingerprint density at radius 2 is 2.05 bits per heavy atom. The van der Waals surface area contributed by atoms with Gasteiger partial charge in [-0.15, -0.1) is 0 Å². The van der Waals surface area contributed by atoms with Gasteiger partial charge in [-0.1, -0.05) is 0 Å². The largest absolute Gasteiger partial charge is 0.366 e. The average Bonchev–Trinajstić information content (AvgIpc) is 2.83. The molecule has 0 spiro atoms. The maximum Gasteiger partial charge on any atom is 0.161 e. The lowest BCUT2D eigenvalue weighted by Gasteiger charge is -2.39. The number of hydrogen-bond acceptors (Lipinski definition) is 3. The number of fused-ring (bicyclic) bond motifs is 2. The highest BCUT2D eigenvalue weighted by atomic mass is 79.9. The van der Waals surface area contributed by atoms with E-state index in [1.807, 2.05) is 6.07 Å². The average molecular weight is 352 g/mol. The van der Waals surface area contributed by atoms with Gasteiger partial charge in [-0.25, -0.2) is 4.39 Å². The molecule has 1 aromatic carbocycles. The first kappa shape index (κ1) is 14.8. The Morgan fingerprint density at radius 3 is 2.62 bits per heavy atom. The SMILES string of the molecule is CCN(c1ccc(C#N)c(Br)c1F)C1CC2CCC(C1)N2. The maximum atomic E-state index is 14.6. The van der Waals surface area contributed by atoms with Crippen LogP contribution in [0.5, 0.6) is 0 Å². The van der Waals surface area contributed by atoms with E-state index in [0.29, 0.717) is 29.4 Å². The van der Waals surface area contributed by atoms with Crippen LogP contribution >= 0.6 is 15.9 Å². The van der Waals surface area contributed by atoms with E-state index in [1.165, 1.54) is 12.8 Å². The number of piperidine rings is 1. The maximum absolute atomic E-state index is 14.6. The second-order valence-electron chi connectivity index (χ2n) is 5.92. The van der Waals surface area contributed by atoms with Gasteiger partial charge in [-0.05, 0) is 60.7 Å². The Hall–Kier alpha value is -1.12. The summed E-state index contributed by atoms with van der Waals surface area (Å²) in [6.07, 6.45) is 4.61. The molecule has 21 heavy (non-hydrogen) atoms. The van der Waals surface area contributed by atoms with Gasteiger partial charge >= 0.3 is 0 Å². The second-order valence-corrected chi connectivity index (χ2v) is 6.71. The van der Waals surface area contributed by atoms with Crippen LogP contribution in [-0.2, 0) is 0 Å². The molecular formula is C16H19BrFN3. The highest BCUT2D eigenvalue weighted by Crippen LogP contribution is 2.35. The third-order valence-electron chi connectivity index (χ3n) is 4.72. The zero-order valence-corrected chi connectivity index (χ0v) is 13.7. The lowest BCUT2D eigenvalue weighted by Crippen LogP contribution is -2.48. The summed E-state index contributed by atoms with van der Waals surface area (Å²) < 4.78 is 14.9. The quantitative estimate of drug-likeness (QED) is 0.904. The number of hydrogen-bond donors (Lipinski definition) is 1. The Labute approximate surface area is 133 Å². The Kier molecular flexibility index (Phi) is 4.19. The van der Waals surface area contributed by atoms with Crippen molar-refractivity contribution in [1.82, 2.24) is 5.32 Å². The molecule has 3 rings (SSSR count). The molecule has 2 bridgehead atoms. The minimum atomic E-state index is -0.318. The van der Waals surface area contributed by atoms with Gasteiger partial charge in [0.2, 0.25) is 0 Å². The summed E-state index contributed by atoms with van der Waals surface area (Å²) in [5, 5.41) is 12.6. The van der Waals surface area contributed by atoms with Crippen molar-refractivity contribution >= 4 is 21.6 Å². The van der Waals surface area contributed by atoms with Gasteiger partial charge in [-0.2, -0.15) is 5.26 Å². The van der Waals surface area contributed by atoms with Crippen LogP contribution < -0.4 is 10.2 Å². The third kappa shape index (κ3) is 2.67. The van der Waals surface area contributed by atoms with Crippen LogP contribution in [0.3, 0.4) is 0 Å². The van der Waals surface area contributed by atoms with E-state index < -0.39 is 0 Å². The molecule has 2 aliphatic heterocycles. The van der Waals surface area contributed by atoms with Crippen LogP contribution in [0.4, 0.5) is 10.1 Å². The van der Waals surface area contributed by atoms with Crippen molar-refractivity contribution in [3.8, 4) is 6.07 Å². The van der Waals surface area contributed by atoms with Crippen LogP contribution in [0.2, 0.25) is 0 Å². The molecule has 112 valence electrons. The minimum absolute atomic E-state index is 0.276. The van der Waals surface area contributed by atoms with Crippen molar-refractivity contribution in [2.75, 3.05) is 11.4 Å². The molecule has 5 heteroatoms. The van der Waals surface area contributed by atoms with Gasteiger partial charge in [0.05, 0.1) is 15.7 Å². The highest BCUT2D eigenvalue weighted by Gasteiger charge is 2.36. The number of anilines is 1. The standard InChI is InChI=1S/C16H19BrFN3/c1-2-21(13-7-11-4-5-12(8-13)20-11)14-6-3-10(9-19)15(17)16(14)18/h3,6,11-13,20H,2,4-5,7-8H2,1H3. The monoisotopic (exact) mass is 351 g/mol. The summed E-state index contributed by atoms with van der Waals surface area (Å²) >= 11 is 3.21. The fourth-order valence-electron chi connectivity index (χ4n) is 3.75. The van der Waals surface area contributed by atoms with Crippen LogP contribution in [0.15, 0.2) is 16.6 Å². The van der Waals surface area contributed by atoms with Crippen LogP contribution in [0, 0.1) is 17.1 Å². The Morgan fingerprint density at radius 1 is 1.38 bits per heavy atom. The summed E-state index contributed by atoms with van der Waals surface area (Å²) in [6.45, 7) is 2.84. The molecule has 1 aromatic rings. The van der Waals surface area contributed by atoms with Gasteiger partial charge in [0.15, 0.2) is 5.82 Å². The Balaban J connectivity index is 1.90. The van der Waals surface area contributed by atoms with Gasteiger partial charge in [0, 0.05) is 24.7 Å². The number of rotatable bonds is 3. The molecule has 0 amide bonds. The highest BCUT2D eigenvalue weighted by molar-refractivity contribution is 9.10. The second kappa shape index (κ2) is 5.94. The first-order valence-electron chi connectivity index (χ1n) is 7.54. The molecule has 0 aromatic heterocycles. The summed E-state index contributed by atoms with van der Waals surface area (Å²) in [5.74, 6) is -0.318. The van der Waals surface area contributed by atoms with E-state index in [1.54, 1.807) is 12.1 Å². The molecule has 0 saturated carbocycles. The fraction of sp³-hybridized carbons (Fsp3) is 0.562. The van der Waals surface area contributed by atoms with E-state index in [0.717, 1.165) is 19.4 Å². The fourth-order valence-corrected chi connectivity index (χ4v) is 4.18. The van der Waals surface area contributed by atoms with Crippen molar-refractivity contribution in [2.45, 2.75) is 50.7 Å². The molecule has 2 heterocycles. The van der Waals surface area contributed by atoms with Crippen molar-refractivity contribution in [1.29, 1.82) is 5.26 Å². The summed E-state index contributed by atoms with van der Waals surface area (Å²) in [6, 6.07) is 6.98. The Bertz CT molecular complexity index is 572. The molecule has 2 unspecified atom stereocenters. The molecular weight excluding hydrogens is 333 g/mol. The van der Waals surface area contributed by atoms with Crippen LogP contribution in [0.1, 0.15) is 38.2 Å². The number of halogens is 2. The first-order valence-corrected chi connectivity index (χ1v) is 8.34. The van der Waals surface area contributed by atoms with E-state index in [4.69, 9.17) is 5.26 Å². The normalized spacial score (nSPS) is 27.4. The number of nitrogens with one attached hydrogen (secondary N) is 1. The lowest BCUT2D eigenvalue weighted by molar-refractivity contribution is 0.347. The van der Waals surface area contributed by atoms with Gasteiger partial charge in [0.1, 0.15) is 6.07 Å². The van der Waals surface area contributed by atoms with E-state index in [-0.39, 0.29) is 10.3 Å². The predicted octanol–water partition coefficient (Wildman–Crippen LogP) is 3.57. The van der Waals surface area contributed by atoms with Crippen molar-refractivity contribution in [3.05, 3.63) is 28.0 Å². The third-order valence-corrected chi connectivity index (χ3v) is 5.50. The number of nitriles is 1. The van der Waals surface area contributed by atoms with Gasteiger partial charge in [-0.3, -0.25) is 0 Å². The molecule has 2 atom stereocenters. The molecule has 2 saturated heterocycles. The topological polar surface area (TPSA) is 39.1 Å². The lowest BCUT2D eigenvalue weighted by atomic mass is 9.97. The number of benzene rings is 1. The summed E-state index contributed by atoms with van der Waals surface area (Å²) in [5.41, 5.74) is 0.951. The van der Waals surface area contributed by atoms with E-state index in [9.17, 15) is 4.39 Å². The van der Waals surface area contributed by atoms with Crippen LogP contribution in [0.25, 0.3) is 0 Å². The first-order chi connectivity index (χ1) is 10.1. The zero-order chi connectivity index (χ0) is 15.0. The zero-order valence-electron chi connectivity index (χ0n) is 12.1. The summed E-state index contributed by atoms with van der Waals surface area (Å²) in [7, 11) is 0. The van der Waals surface area contributed by atoms with Crippen molar-refractivity contribution in [3.63, 3.8) is 0 Å². The molecule has 1 N–H and O–H groups in total. The number of nitrogens with zero attached hydrogens (tertiary/aromatic N) is 2. The van der Waals surface area contributed by atoms with E-state index in [2.05, 4.69) is 33.1 Å². The van der Waals surface area contributed by atoms with Gasteiger partial charge < -0.3 is 10.2 Å². The summed E-state index contributed by atoms with van der Waals surface area (Å²) in [4.78, 5) is 2.16. The molecule has 2 fully saturated rings. The predicted molar refractivity (Wildman–Crippen MR) is 84.8 cm³/mol. The smallest absolute Gasteiger partial charge is 0.161 e. The van der Waals surface area contributed by atoms with Crippen molar-refractivity contribution in [2.24, 2.45) is 0 Å². The van der Waals surface area contributed by atoms with E-state index >= 15 is 0 Å². The van der Waals surface area contributed by atoms with Gasteiger partial charge in [0.25, 0.3) is 0 Å². The molecule has 2 aliphatic rings. The minimum Gasteiger partial charge on any atom is -0.366 e. The molecule has 0 aliphatic carbocycles. The molecule has 0 radical (unpaired) electrons. The molecule has 3 nitrogen and oxygen atoms in total. The van der Waals surface area contributed by atoms with Crippen molar-refractivity contribution < 1.29 is 4.39 Å². The van der Waals surface area contributed by atoms with Crippen LogP contribution in [-0.4, -0.2) is 24.7 Å².